The number of phenolic OH excluding ortho intramolecular Hbond substituents is 1. The number of aromatic nitrogens is 4. The fourth-order valence-corrected chi connectivity index (χ4v) is 2.83. The summed E-state index contributed by atoms with van der Waals surface area (Å²) < 4.78 is 70.0. The highest BCUT2D eigenvalue weighted by Crippen LogP contribution is 2.33. The van der Waals surface area contributed by atoms with Gasteiger partial charge in [-0.05, 0) is 30.3 Å². The molecule has 11 heteroatoms. The molecule has 2 N–H and O–H groups in total. The second-order valence-electron chi connectivity index (χ2n) is 6.63. The number of rotatable bonds is 5. The summed E-state index contributed by atoms with van der Waals surface area (Å²) in [5.41, 5.74) is -0.124. The van der Waals surface area contributed by atoms with Crippen LogP contribution in [0.4, 0.5) is 22.0 Å². The molecule has 6 nitrogen and oxygen atoms in total. The van der Waals surface area contributed by atoms with Crippen molar-refractivity contribution in [3.8, 4) is 34.1 Å². The average molecular weight is 448 g/mol. The van der Waals surface area contributed by atoms with Crippen LogP contribution in [-0.2, 0) is 12.8 Å². The van der Waals surface area contributed by atoms with Crippen LogP contribution in [0.25, 0.3) is 22.6 Å². The van der Waals surface area contributed by atoms with Gasteiger partial charge in [0.1, 0.15) is 35.4 Å². The number of aromatic amines is 1. The van der Waals surface area contributed by atoms with Crippen LogP contribution in [0.15, 0.2) is 55.0 Å². The average Bonchev–Trinajstić information content (AvgIpc) is 3.22. The van der Waals surface area contributed by atoms with E-state index in [0.29, 0.717) is 34.9 Å². The van der Waals surface area contributed by atoms with Crippen LogP contribution < -0.4 is 4.74 Å². The number of imidazole rings is 1. The first-order valence-electron chi connectivity index (χ1n) is 9.05. The van der Waals surface area contributed by atoms with Gasteiger partial charge in [0.15, 0.2) is 0 Å². The molecule has 1 aromatic carbocycles. The van der Waals surface area contributed by atoms with Gasteiger partial charge in [-0.1, -0.05) is 0 Å². The minimum Gasteiger partial charge on any atom is -0.507 e. The number of pyridine rings is 2. The van der Waals surface area contributed by atoms with Crippen molar-refractivity contribution in [2.24, 2.45) is 0 Å². The number of nitrogens with one attached hydrogen (secondary N) is 1. The highest BCUT2D eigenvalue weighted by Gasteiger charge is 2.31. The minimum absolute atomic E-state index is 0.148. The van der Waals surface area contributed by atoms with Crippen LogP contribution in [0.1, 0.15) is 11.3 Å². The molecule has 3 aromatic heterocycles. The van der Waals surface area contributed by atoms with Crippen molar-refractivity contribution in [3.63, 3.8) is 0 Å². The van der Waals surface area contributed by atoms with Crippen molar-refractivity contribution in [1.82, 2.24) is 19.9 Å². The highest BCUT2D eigenvalue weighted by atomic mass is 19.4. The number of halogens is 5. The number of hydrogen-bond donors (Lipinski definition) is 2. The van der Waals surface area contributed by atoms with E-state index < -0.39 is 30.1 Å². The lowest BCUT2D eigenvalue weighted by molar-refractivity contribution is -0.138. The van der Waals surface area contributed by atoms with Crippen molar-refractivity contribution in [1.29, 1.82) is 0 Å². The molecule has 3 heterocycles. The number of aromatic hydroxyl groups is 1. The van der Waals surface area contributed by atoms with Crippen LogP contribution in [-0.4, -0.2) is 25.0 Å². The molecule has 0 saturated carbocycles. The zero-order chi connectivity index (χ0) is 22.9. The van der Waals surface area contributed by atoms with Gasteiger partial charge >= 0.3 is 6.18 Å². The maximum Gasteiger partial charge on any atom is 0.417 e. The number of alkyl halides is 3. The Kier molecular flexibility index (Phi) is 5.47. The Hall–Kier alpha value is -4.02. The minimum atomic E-state index is -4.70. The lowest BCUT2D eigenvalue weighted by Crippen LogP contribution is -2.09. The van der Waals surface area contributed by atoms with E-state index in [1.807, 2.05) is 0 Å². The topological polar surface area (TPSA) is 83.9 Å². The van der Waals surface area contributed by atoms with E-state index in [0.717, 1.165) is 0 Å². The van der Waals surface area contributed by atoms with Crippen molar-refractivity contribution >= 4 is 0 Å². The normalized spacial score (nSPS) is 11.5. The molecule has 0 bridgehead atoms. The predicted molar refractivity (Wildman–Crippen MR) is 102 cm³/mol. The van der Waals surface area contributed by atoms with E-state index in [4.69, 9.17) is 4.74 Å². The molecular formula is C21H13F5N4O2. The summed E-state index contributed by atoms with van der Waals surface area (Å²) in [4.78, 5) is 14.2. The Labute approximate surface area is 177 Å². The number of phenols is 1. The molecule has 0 aliphatic rings. The third kappa shape index (κ3) is 4.51. The molecule has 0 amide bonds. The molecule has 0 aliphatic heterocycles. The van der Waals surface area contributed by atoms with Gasteiger partial charge < -0.3 is 14.8 Å². The molecule has 0 radical (unpaired) electrons. The van der Waals surface area contributed by atoms with E-state index >= 15 is 0 Å². The zero-order valence-corrected chi connectivity index (χ0v) is 16.0. The largest absolute Gasteiger partial charge is 0.507 e. The monoisotopic (exact) mass is 448 g/mol. The molecule has 32 heavy (non-hydrogen) atoms. The van der Waals surface area contributed by atoms with Gasteiger partial charge in [0.2, 0.25) is 5.95 Å². The Balaban J connectivity index is 1.48. The van der Waals surface area contributed by atoms with Gasteiger partial charge in [0, 0.05) is 29.6 Å². The van der Waals surface area contributed by atoms with Gasteiger partial charge in [-0.25, -0.2) is 14.4 Å². The summed E-state index contributed by atoms with van der Waals surface area (Å²) in [5.74, 6) is -1.40. The van der Waals surface area contributed by atoms with Crippen molar-refractivity contribution in [2.45, 2.75) is 12.8 Å². The van der Waals surface area contributed by atoms with E-state index in [1.54, 1.807) is 0 Å². The first-order valence-corrected chi connectivity index (χ1v) is 9.05. The molecule has 4 aromatic rings. The standard InChI is InChI=1S/C21H13F5N4O2/c22-15-5-12(21(24,25)26)8-27-17(15)10-32-13-2-3-14(18(31)6-13)16-9-29-20(30-16)11-1-4-19(23)28-7-11/h1-9,31H,10H2,(H,29,30). The van der Waals surface area contributed by atoms with Crippen molar-refractivity contribution < 1.29 is 31.8 Å². The van der Waals surface area contributed by atoms with Gasteiger partial charge in [-0.2, -0.15) is 17.6 Å². The smallest absolute Gasteiger partial charge is 0.417 e. The quantitative estimate of drug-likeness (QED) is 0.327. The Bertz CT molecular complexity index is 1260. The first kappa shape index (κ1) is 21.2. The van der Waals surface area contributed by atoms with Gasteiger partial charge in [-0.15, -0.1) is 0 Å². The Morgan fingerprint density at radius 2 is 1.75 bits per heavy atom. The third-order valence-electron chi connectivity index (χ3n) is 4.46. The van der Waals surface area contributed by atoms with E-state index in [-0.39, 0.29) is 17.2 Å². The Morgan fingerprint density at radius 3 is 2.41 bits per heavy atom. The number of hydrogen-bond acceptors (Lipinski definition) is 5. The molecular weight excluding hydrogens is 435 g/mol. The Morgan fingerprint density at radius 1 is 0.938 bits per heavy atom. The second kappa shape index (κ2) is 8.25. The van der Waals surface area contributed by atoms with Gasteiger partial charge in [-0.3, -0.25) is 4.98 Å². The van der Waals surface area contributed by atoms with E-state index in [1.165, 1.54) is 42.7 Å². The fraction of sp³-hybridized carbons (Fsp3) is 0.0952. The van der Waals surface area contributed by atoms with E-state index in [9.17, 15) is 27.1 Å². The zero-order valence-electron chi connectivity index (χ0n) is 16.0. The number of nitrogens with zero attached hydrogens (tertiary/aromatic N) is 3. The fourth-order valence-electron chi connectivity index (χ4n) is 2.83. The second-order valence-corrected chi connectivity index (χ2v) is 6.63. The summed E-state index contributed by atoms with van der Waals surface area (Å²) >= 11 is 0. The molecule has 0 aliphatic carbocycles. The van der Waals surface area contributed by atoms with Crippen molar-refractivity contribution in [3.05, 3.63) is 78.0 Å². The lowest BCUT2D eigenvalue weighted by atomic mass is 10.1. The predicted octanol–water partition coefficient (Wildman–Crippen LogP) is 5.12. The summed E-state index contributed by atoms with van der Waals surface area (Å²) in [5, 5.41) is 10.3. The van der Waals surface area contributed by atoms with Crippen molar-refractivity contribution in [2.75, 3.05) is 0 Å². The third-order valence-corrected chi connectivity index (χ3v) is 4.46. The van der Waals surface area contributed by atoms with Crippen LogP contribution in [0.2, 0.25) is 0 Å². The van der Waals surface area contributed by atoms with Gasteiger partial charge in [0.05, 0.1) is 17.5 Å². The molecule has 0 atom stereocenters. The van der Waals surface area contributed by atoms with Crippen LogP contribution in [0.3, 0.4) is 0 Å². The number of ether oxygens (including phenoxy) is 1. The summed E-state index contributed by atoms with van der Waals surface area (Å²) in [6.45, 7) is -0.436. The summed E-state index contributed by atoms with van der Waals surface area (Å²) in [6, 6.07) is 7.29. The van der Waals surface area contributed by atoms with Crippen LogP contribution in [0.5, 0.6) is 11.5 Å². The molecule has 0 unspecified atom stereocenters. The van der Waals surface area contributed by atoms with Crippen LogP contribution >= 0.6 is 0 Å². The summed E-state index contributed by atoms with van der Waals surface area (Å²) in [7, 11) is 0. The molecule has 164 valence electrons. The molecule has 0 saturated heterocycles. The molecule has 0 fully saturated rings. The van der Waals surface area contributed by atoms with E-state index in [2.05, 4.69) is 19.9 Å². The van der Waals surface area contributed by atoms with Crippen LogP contribution in [0, 0.1) is 11.8 Å². The maximum atomic E-state index is 13.9. The summed E-state index contributed by atoms with van der Waals surface area (Å²) in [6.07, 6.45) is -1.40. The molecule has 0 spiro atoms. The lowest BCUT2D eigenvalue weighted by Gasteiger charge is -2.10. The highest BCUT2D eigenvalue weighted by molar-refractivity contribution is 5.70. The molecule has 4 rings (SSSR count). The maximum absolute atomic E-state index is 13.9. The number of H-pyrrole nitrogens is 1. The number of benzene rings is 1. The SMILES string of the molecule is Oc1cc(OCc2ncc(C(F)(F)F)cc2F)ccc1-c1cnc(-c2ccc(F)nc2)[nH]1. The van der Waals surface area contributed by atoms with Gasteiger partial charge in [0.25, 0.3) is 0 Å². The first-order chi connectivity index (χ1) is 15.2.